The Morgan fingerprint density at radius 3 is 2.32 bits per heavy atom. The zero-order chi connectivity index (χ0) is 15.9. The average molecular weight is 305 g/mol. The number of ether oxygens (including phenoxy) is 1. The van der Waals surface area contributed by atoms with Gasteiger partial charge >= 0.3 is 0 Å². The molecule has 2 rings (SSSR count). The number of likely N-dealkylation sites (N-methyl/N-ethyl adjacent to an activating group) is 1. The van der Waals surface area contributed by atoms with Crippen molar-refractivity contribution in [2.45, 2.75) is 26.3 Å². The van der Waals surface area contributed by atoms with E-state index in [2.05, 4.69) is 55.0 Å². The number of nitrogens with zero attached hydrogens (tertiary/aromatic N) is 2. The molecular weight excluding hydrogens is 274 g/mol. The van der Waals surface area contributed by atoms with Crippen molar-refractivity contribution in [3.05, 3.63) is 29.8 Å². The summed E-state index contributed by atoms with van der Waals surface area (Å²) in [5, 5.41) is 0. The highest BCUT2D eigenvalue weighted by molar-refractivity contribution is 5.29. The Bertz CT molecular complexity index is 426. The maximum Gasteiger partial charge on any atom is 0.119 e. The molecule has 4 nitrogen and oxygen atoms in total. The predicted octanol–water partition coefficient (Wildman–Crippen LogP) is 2.36. The fourth-order valence-corrected chi connectivity index (χ4v) is 2.77. The first kappa shape index (κ1) is 17.3. The Labute approximate surface area is 135 Å². The molecule has 2 N–H and O–H groups in total. The van der Waals surface area contributed by atoms with Gasteiger partial charge in [0.15, 0.2) is 0 Å². The highest BCUT2D eigenvalue weighted by atomic mass is 16.5. The van der Waals surface area contributed by atoms with Crippen LogP contribution in [0.2, 0.25) is 0 Å². The van der Waals surface area contributed by atoms with Gasteiger partial charge in [-0.3, -0.25) is 4.90 Å². The van der Waals surface area contributed by atoms with Crippen molar-refractivity contribution in [3.63, 3.8) is 0 Å². The molecule has 2 atom stereocenters. The van der Waals surface area contributed by atoms with Crippen LogP contribution in [0, 0.1) is 5.92 Å². The highest BCUT2D eigenvalue weighted by Gasteiger charge is 2.22. The van der Waals surface area contributed by atoms with Crippen molar-refractivity contribution in [1.82, 2.24) is 9.80 Å². The van der Waals surface area contributed by atoms with Crippen molar-refractivity contribution in [2.24, 2.45) is 11.7 Å². The zero-order valence-corrected chi connectivity index (χ0v) is 14.3. The quantitative estimate of drug-likeness (QED) is 0.840. The summed E-state index contributed by atoms with van der Waals surface area (Å²) in [6, 6.07) is 8.81. The molecule has 0 unspecified atom stereocenters. The molecule has 0 aliphatic carbocycles. The fraction of sp³-hybridized carbons (Fsp3) is 0.667. The Morgan fingerprint density at radius 2 is 1.77 bits per heavy atom. The number of benzene rings is 1. The van der Waals surface area contributed by atoms with Gasteiger partial charge in [-0.15, -0.1) is 0 Å². The Balaban J connectivity index is 1.95. The van der Waals surface area contributed by atoms with Crippen LogP contribution in [-0.4, -0.2) is 56.2 Å². The molecule has 124 valence electrons. The zero-order valence-electron chi connectivity index (χ0n) is 14.3. The second kappa shape index (κ2) is 8.51. The van der Waals surface area contributed by atoms with Crippen LogP contribution in [0.4, 0.5) is 0 Å². The van der Waals surface area contributed by atoms with E-state index in [1.807, 2.05) is 0 Å². The normalized spacial score (nSPS) is 19.8. The maximum atomic E-state index is 6.04. The standard InChI is InChI=1S/C18H31N3O/c1-4-15(2)14-22-17-7-5-16(6-8-17)18(13-19)21-11-9-20(3)10-12-21/h5-8,15,18H,4,9-14,19H2,1-3H3/t15-,18-/m0/s1. The van der Waals surface area contributed by atoms with Gasteiger partial charge in [-0.2, -0.15) is 0 Å². The molecule has 1 fully saturated rings. The van der Waals surface area contributed by atoms with Gasteiger partial charge in [0.1, 0.15) is 5.75 Å². The van der Waals surface area contributed by atoms with E-state index in [0.29, 0.717) is 18.5 Å². The Kier molecular flexibility index (Phi) is 6.68. The van der Waals surface area contributed by atoms with Crippen molar-refractivity contribution in [2.75, 3.05) is 46.4 Å². The molecule has 22 heavy (non-hydrogen) atoms. The van der Waals surface area contributed by atoms with E-state index in [4.69, 9.17) is 10.5 Å². The molecule has 1 aromatic carbocycles. The number of rotatable bonds is 7. The molecule has 1 aromatic rings. The van der Waals surface area contributed by atoms with Gasteiger partial charge in [-0.25, -0.2) is 0 Å². The van der Waals surface area contributed by atoms with Gasteiger partial charge in [0.2, 0.25) is 0 Å². The van der Waals surface area contributed by atoms with Crippen LogP contribution in [0.1, 0.15) is 31.9 Å². The number of piperazine rings is 1. The summed E-state index contributed by atoms with van der Waals surface area (Å²) in [5.41, 5.74) is 7.33. The smallest absolute Gasteiger partial charge is 0.119 e. The van der Waals surface area contributed by atoms with Crippen LogP contribution in [0.25, 0.3) is 0 Å². The number of nitrogens with two attached hydrogens (primary N) is 1. The largest absolute Gasteiger partial charge is 0.493 e. The van der Waals surface area contributed by atoms with E-state index >= 15 is 0 Å². The molecule has 0 bridgehead atoms. The van der Waals surface area contributed by atoms with E-state index in [0.717, 1.165) is 45.0 Å². The van der Waals surface area contributed by atoms with Gasteiger partial charge in [-0.05, 0) is 30.7 Å². The lowest BCUT2D eigenvalue weighted by molar-refractivity contribution is 0.114. The predicted molar refractivity (Wildman–Crippen MR) is 92.3 cm³/mol. The highest BCUT2D eigenvalue weighted by Crippen LogP contribution is 2.23. The van der Waals surface area contributed by atoms with Gasteiger partial charge in [-0.1, -0.05) is 32.4 Å². The van der Waals surface area contributed by atoms with Crippen LogP contribution in [0.5, 0.6) is 5.75 Å². The fourth-order valence-electron chi connectivity index (χ4n) is 2.77. The molecule has 1 heterocycles. The molecule has 1 saturated heterocycles. The second-order valence-electron chi connectivity index (χ2n) is 6.48. The first-order chi connectivity index (χ1) is 10.6. The Hall–Kier alpha value is -1.10. The molecule has 0 amide bonds. The summed E-state index contributed by atoms with van der Waals surface area (Å²) in [6.45, 7) is 10.3. The third kappa shape index (κ3) is 4.70. The Morgan fingerprint density at radius 1 is 1.14 bits per heavy atom. The minimum atomic E-state index is 0.317. The SMILES string of the molecule is CC[C@H](C)COc1ccc([C@H](CN)N2CCN(C)CC2)cc1. The third-order valence-electron chi connectivity index (χ3n) is 4.70. The first-order valence-corrected chi connectivity index (χ1v) is 8.49. The first-order valence-electron chi connectivity index (χ1n) is 8.49. The lowest BCUT2D eigenvalue weighted by Gasteiger charge is -2.37. The van der Waals surface area contributed by atoms with Crippen LogP contribution in [-0.2, 0) is 0 Å². The lowest BCUT2D eigenvalue weighted by atomic mass is 10.0. The van der Waals surface area contributed by atoms with Crippen molar-refractivity contribution < 1.29 is 4.74 Å². The van der Waals surface area contributed by atoms with Crippen LogP contribution < -0.4 is 10.5 Å². The van der Waals surface area contributed by atoms with E-state index in [1.54, 1.807) is 0 Å². The molecule has 0 aromatic heterocycles. The summed E-state index contributed by atoms with van der Waals surface area (Å²) in [6.07, 6.45) is 1.15. The van der Waals surface area contributed by atoms with Crippen LogP contribution in [0.15, 0.2) is 24.3 Å². The third-order valence-corrected chi connectivity index (χ3v) is 4.70. The molecule has 1 aliphatic rings. The van der Waals surface area contributed by atoms with Gasteiger partial charge in [0.25, 0.3) is 0 Å². The van der Waals surface area contributed by atoms with E-state index in [9.17, 15) is 0 Å². The molecule has 0 spiro atoms. The van der Waals surface area contributed by atoms with E-state index in [1.165, 1.54) is 5.56 Å². The van der Waals surface area contributed by atoms with E-state index < -0.39 is 0 Å². The van der Waals surface area contributed by atoms with Gasteiger partial charge in [0.05, 0.1) is 6.61 Å². The summed E-state index contributed by atoms with van der Waals surface area (Å²) >= 11 is 0. The van der Waals surface area contributed by atoms with Crippen LogP contribution in [0.3, 0.4) is 0 Å². The molecule has 0 saturated carbocycles. The van der Waals surface area contributed by atoms with Crippen LogP contribution >= 0.6 is 0 Å². The molecule has 4 heteroatoms. The average Bonchev–Trinajstić information content (AvgIpc) is 2.56. The summed E-state index contributed by atoms with van der Waals surface area (Å²) in [7, 11) is 2.18. The lowest BCUT2D eigenvalue weighted by Crippen LogP contribution is -2.47. The summed E-state index contributed by atoms with van der Waals surface area (Å²) in [5.74, 6) is 1.56. The van der Waals surface area contributed by atoms with Crippen molar-refractivity contribution >= 4 is 0 Å². The monoisotopic (exact) mass is 305 g/mol. The van der Waals surface area contributed by atoms with Gasteiger partial charge < -0.3 is 15.4 Å². The minimum Gasteiger partial charge on any atom is -0.493 e. The van der Waals surface area contributed by atoms with E-state index in [-0.39, 0.29) is 0 Å². The number of hydrogen-bond donors (Lipinski definition) is 1. The summed E-state index contributed by atoms with van der Waals surface area (Å²) < 4.78 is 5.84. The minimum absolute atomic E-state index is 0.317. The van der Waals surface area contributed by atoms with Gasteiger partial charge in [0, 0.05) is 38.8 Å². The topological polar surface area (TPSA) is 41.7 Å². The maximum absolute atomic E-state index is 6.04. The number of hydrogen-bond acceptors (Lipinski definition) is 4. The second-order valence-corrected chi connectivity index (χ2v) is 6.48. The molecular formula is C18H31N3O. The molecule has 1 aliphatic heterocycles. The molecule has 0 radical (unpaired) electrons. The van der Waals surface area contributed by atoms with Crippen molar-refractivity contribution in [1.29, 1.82) is 0 Å². The summed E-state index contributed by atoms with van der Waals surface area (Å²) in [4.78, 5) is 4.87. The van der Waals surface area contributed by atoms with Crippen molar-refractivity contribution in [3.8, 4) is 5.75 Å².